The first kappa shape index (κ1) is 23.0. The van der Waals surface area contributed by atoms with Crippen LogP contribution < -0.4 is 14.4 Å². The van der Waals surface area contributed by atoms with Gasteiger partial charge in [0.2, 0.25) is 15.9 Å². The number of carbonyl (C=O) groups excluding carboxylic acids is 1. The summed E-state index contributed by atoms with van der Waals surface area (Å²) in [6.45, 7) is 3.46. The van der Waals surface area contributed by atoms with E-state index in [1.54, 1.807) is 32.0 Å². The Bertz CT molecular complexity index is 967. The van der Waals surface area contributed by atoms with Gasteiger partial charge in [-0.15, -0.1) is 0 Å². The van der Waals surface area contributed by atoms with Crippen molar-refractivity contribution in [3.05, 3.63) is 58.9 Å². The zero-order chi connectivity index (χ0) is 21.8. The molecule has 1 N–H and O–H groups in total. The minimum atomic E-state index is -3.79. The van der Waals surface area contributed by atoms with Crippen LogP contribution in [0.15, 0.2) is 42.5 Å². The number of methoxy groups -OCH3 is 1. The number of amides is 1. The molecular weight excluding hydrogens is 419 g/mol. The zero-order valence-corrected chi connectivity index (χ0v) is 18.2. The van der Waals surface area contributed by atoms with E-state index in [1.165, 1.54) is 31.4 Å². The van der Waals surface area contributed by atoms with Gasteiger partial charge < -0.3 is 10.1 Å². The van der Waals surface area contributed by atoms with Crippen LogP contribution in [0.5, 0.6) is 5.75 Å². The highest BCUT2D eigenvalue weighted by molar-refractivity contribution is 7.92. The number of carbonyl (C=O) groups is 1. The van der Waals surface area contributed by atoms with Gasteiger partial charge in [0.15, 0.2) is 0 Å². The fourth-order valence-electron chi connectivity index (χ4n) is 3.00. The third-order valence-electron chi connectivity index (χ3n) is 4.45. The van der Waals surface area contributed by atoms with E-state index in [0.29, 0.717) is 11.3 Å². The summed E-state index contributed by atoms with van der Waals surface area (Å²) in [5, 5.41) is 3.03. The fraction of sp³-hybridized carbons (Fsp3) is 0.350. The van der Waals surface area contributed by atoms with Gasteiger partial charge >= 0.3 is 0 Å². The predicted octanol–water partition coefficient (Wildman–Crippen LogP) is 3.91. The highest BCUT2D eigenvalue weighted by Crippen LogP contribution is 2.32. The SMILES string of the molecule is CC[C@@H](C(=O)N[C@@H](C)c1ccc(F)cc1)N(c1ccc(OC)c(Cl)c1)S(C)(=O)=O. The number of ether oxygens (including phenoxy) is 1. The molecule has 1 amide bonds. The number of nitrogens with zero attached hydrogens (tertiary/aromatic N) is 1. The monoisotopic (exact) mass is 442 g/mol. The molecule has 0 heterocycles. The maximum absolute atomic E-state index is 13.1. The Morgan fingerprint density at radius 1 is 1.24 bits per heavy atom. The highest BCUT2D eigenvalue weighted by atomic mass is 35.5. The van der Waals surface area contributed by atoms with Crippen LogP contribution in [0.4, 0.5) is 10.1 Å². The van der Waals surface area contributed by atoms with Crippen LogP contribution >= 0.6 is 11.6 Å². The van der Waals surface area contributed by atoms with Crippen LogP contribution in [0, 0.1) is 5.82 Å². The van der Waals surface area contributed by atoms with Crippen molar-refractivity contribution in [2.24, 2.45) is 0 Å². The molecule has 0 unspecified atom stereocenters. The summed E-state index contributed by atoms with van der Waals surface area (Å²) < 4.78 is 44.3. The van der Waals surface area contributed by atoms with Gasteiger partial charge in [0.25, 0.3) is 0 Å². The Morgan fingerprint density at radius 3 is 2.34 bits per heavy atom. The number of anilines is 1. The smallest absolute Gasteiger partial charge is 0.244 e. The number of rotatable bonds is 8. The summed E-state index contributed by atoms with van der Waals surface area (Å²) in [7, 11) is -2.34. The van der Waals surface area contributed by atoms with Crippen LogP contribution in [0.25, 0.3) is 0 Å². The van der Waals surface area contributed by atoms with Crippen molar-refractivity contribution in [1.29, 1.82) is 0 Å². The topological polar surface area (TPSA) is 75.7 Å². The lowest BCUT2D eigenvalue weighted by molar-refractivity contribution is -0.122. The summed E-state index contributed by atoms with van der Waals surface area (Å²) in [5.41, 5.74) is 0.961. The van der Waals surface area contributed by atoms with E-state index in [1.807, 2.05) is 0 Å². The number of hydrogen-bond donors (Lipinski definition) is 1. The summed E-state index contributed by atoms with van der Waals surface area (Å²) in [6.07, 6.45) is 1.27. The molecule has 2 rings (SSSR count). The van der Waals surface area contributed by atoms with Gasteiger partial charge in [-0.3, -0.25) is 9.10 Å². The average molecular weight is 443 g/mol. The number of sulfonamides is 1. The van der Waals surface area contributed by atoms with Crippen molar-refractivity contribution < 1.29 is 22.3 Å². The first-order valence-corrected chi connectivity index (χ1v) is 11.2. The Labute approximate surface area is 175 Å². The summed E-state index contributed by atoms with van der Waals surface area (Å²) in [6, 6.07) is 8.84. The molecule has 0 radical (unpaired) electrons. The maximum Gasteiger partial charge on any atom is 0.244 e. The van der Waals surface area contributed by atoms with Crippen molar-refractivity contribution in [3.63, 3.8) is 0 Å². The van der Waals surface area contributed by atoms with E-state index in [0.717, 1.165) is 10.6 Å². The number of hydrogen-bond acceptors (Lipinski definition) is 4. The van der Waals surface area contributed by atoms with Crippen molar-refractivity contribution in [2.75, 3.05) is 17.7 Å². The van der Waals surface area contributed by atoms with E-state index in [9.17, 15) is 17.6 Å². The molecule has 0 aromatic heterocycles. The minimum absolute atomic E-state index is 0.230. The predicted molar refractivity (Wildman–Crippen MR) is 112 cm³/mol. The van der Waals surface area contributed by atoms with Crippen LogP contribution in [0.3, 0.4) is 0 Å². The first-order chi connectivity index (χ1) is 13.6. The molecule has 0 aliphatic heterocycles. The van der Waals surface area contributed by atoms with Crippen LogP contribution in [-0.4, -0.2) is 33.7 Å². The normalized spacial score (nSPS) is 13.4. The molecule has 2 atom stereocenters. The fourth-order valence-corrected chi connectivity index (χ4v) is 4.45. The molecule has 9 heteroatoms. The third kappa shape index (κ3) is 5.61. The lowest BCUT2D eigenvalue weighted by atomic mass is 10.1. The number of nitrogens with one attached hydrogen (secondary N) is 1. The lowest BCUT2D eigenvalue weighted by Gasteiger charge is -2.31. The molecule has 0 saturated carbocycles. The van der Waals surface area contributed by atoms with E-state index >= 15 is 0 Å². The largest absolute Gasteiger partial charge is 0.495 e. The second-order valence-electron chi connectivity index (χ2n) is 6.58. The van der Waals surface area contributed by atoms with Gasteiger partial charge in [0.05, 0.1) is 30.1 Å². The third-order valence-corrected chi connectivity index (χ3v) is 5.92. The van der Waals surface area contributed by atoms with Gasteiger partial charge in [0, 0.05) is 0 Å². The van der Waals surface area contributed by atoms with Crippen LogP contribution in [-0.2, 0) is 14.8 Å². The van der Waals surface area contributed by atoms with Gasteiger partial charge in [-0.1, -0.05) is 30.7 Å². The molecule has 6 nitrogen and oxygen atoms in total. The molecule has 0 aliphatic carbocycles. The van der Waals surface area contributed by atoms with Gasteiger partial charge in [0.1, 0.15) is 17.6 Å². The number of benzene rings is 2. The van der Waals surface area contributed by atoms with Crippen LogP contribution in [0.1, 0.15) is 31.9 Å². The molecule has 2 aromatic carbocycles. The van der Waals surface area contributed by atoms with Crippen molar-refractivity contribution >= 4 is 33.2 Å². The lowest BCUT2D eigenvalue weighted by Crippen LogP contribution is -2.49. The molecule has 0 fully saturated rings. The van der Waals surface area contributed by atoms with Crippen molar-refractivity contribution in [3.8, 4) is 5.75 Å². The molecule has 0 bridgehead atoms. The van der Waals surface area contributed by atoms with E-state index in [-0.39, 0.29) is 22.9 Å². The quantitative estimate of drug-likeness (QED) is 0.672. The second kappa shape index (κ2) is 9.45. The maximum atomic E-state index is 13.1. The molecule has 0 spiro atoms. The summed E-state index contributed by atoms with van der Waals surface area (Å²) in [4.78, 5) is 12.9. The summed E-state index contributed by atoms with van der Waals surface area (Å²) >= 11 is 6.15. The first-order valence-electron chi connectivity index (χ1n) is 8.97. The Balaban J connectivity index is 2.34. The van der Waals surface area contributed by atoms with E-state index in [4.69, 9.17) is 16.3 Å². The zero-order valence-electron chi connectivity index (χ0n) is 16.6. The van der Waals surface area contributed by atoms with Gasteiger partial charge in [-0.05, 0) is 49.2 Å². The molecule has 0 saturated heterocycles. The molecular formula is C20H24ClFN2O4S. The van der Waals surface area contributed by atoms with Gasteiger partial charge in [-0.2, -0.15) is 0 Å². The minimum Gasteiger partial charge on any atom is -0.495 e. The Hall–Kier alpha value is -2.32. The Morgan fingerprint density at radius 2 is 1.86 bits per heavy atom. The van der Waals surface area contributed by atoms with E-state index in [2.05, 4.69) is 5.32 Å². The van der Waals surface area contributed by atoms with E-state index < -0.39 is 28.0 Å². The average Bonchev–Trinajstić information content (AvgIpc) is 2.65. The number of halogens is 2. The standard InChI is InChI=1S/C20H24ClFN2O4S/c1-5-18(20(25)23-13(2)14-6-8-15(22)9-7-14)24(29(4,26)27)16-10-11-19(28-3)17(21)12-16/h6-13,18H,5H2,1-4H3,(H,23,25)/t13-,18-/m0/s1. The molecule has 2 aromatic rings. The van der Waals surface area contributed by atoms with Crippen molar-refractivity contribution in [2.45, 2.75) is 32.4 Å². The molecule has 158 valence electrons. The molecule has 0 aliphatic rings. The highest BCUT2D eigenvalue weighted by Gasteiger charge is 2.32. The Kier molecular flexibility index (Phi) is 7.48. The second-order valence-corrected chi connectivity index (χ2v) is 8.85. The van der Waals surface area contributed by atoms with Crippen molar-refractivity contribution in [1.82, 2.24) is 5.32 Å². The molecule has 29 heavy (non-hydrogen) atoms. The van der Waals surface area contributed by atoms with Crippen LogP contribution in [0.2, 0.25) is 5.02 Å². The van der Waals surface area contributed by atoms with Gasteiger partial charge in [-0.25, -0.2) is 12.8 Å². The summed E-state index contributed by atoms with van der Waals surface area (Å²) in [5.74, 6) is -0.452.